The van der Waals surface area contributed by atoms with E-state index in [-0.39, 0.29) is 0 Å². The summed E-state index contributed by atoms with van der Waals surface area (Å²) in [6.07, 6.45) is 4.67. The molecular formula is C27H23ClN4. The first-order valence-electron chi connectivity index (χ1n) is 10.7. The van der Waals surface area contributed by atoms with Crippen molar-refractivity contribution < 1.29 is 0 Å². The van der Waals surface area contributed by atoms with Crippen molar-refractivity contribution in [1.29, 1.82) is 0 Å². The van der Waals surface area contributed by atoms with E-state index >= 15 is 0 Å². The van der Waals surface area contributed by atoms with Gasteiger partial charge in [0.15, 0.2) is 5.65 Å². The Bertz CT molecular complexity index is 1360. The standard InChI is InChI=1S/C27H23ClN4/c1-19-6-5-9-23(16-19)32-17-24(21-7-3-2-4-8-21)25-26(30-18-31-27(25)32)29-15-14-20-10-12-22(28)13-11-20/h2-13,16-18H,14-15H2,1H3,(H,29,30,31). The predicted octanol–water partition coefficient (Wildman–Crippen LogP) is 6.70. The second-order valence-electron chi connectivity index (χ2n) is 7.84. The Hall–Kier alpha value is -3.63. The number of anilines is 1. The number of benzene rings is 3. The molecule has 2 heterocycles. The van der Waals surface area contributed by atoms with Crippen LogP contribution < -0.4 is 5.32 Å². The maximum absolute atomic E-state index is 6.01. The Morgan fingerprint density at radius 2 is 1.72 bits per heavy atom. The molecule has 0 atom stereocenters. The Morgan fingerprint density at radius 1 is 0.906 bits per heavy atom. The Labute approximate surface area is 192 Å². The number of hydrogen-bond acceptors (Lipinski definition) is 3. The number of halogens is 1. The zero-order valence-electron chi connectivity index (χ0n) is 17.8. The third-order valence-corrected chi connectivity index (χ3v) is 5.82. The van der Waals surface area contributed by atoms with Gasteiger partial charge < -0.3 is 9.88 Å². The third-order valence-electron chi connectivity index (χ3n) is 5.57. The van der Waals surface area contributed by atoms with Crippen LogP contribution in [0.15, 0.2) is 91.4 Å². The number of nitrogens with one attached hydrogen (secondary N) is 1. The summed E-state index contributed by atoms with van der Waals surface area (Å²) in [4.78, 5) is 9.27. The van der Waals surface area contributed by atoms with Gasteiger partial charge in [-0.2, -0.15) is 0 Å². The molecule has 0 aliphatic carbocycles. The Morgan fingerprint density at radius 3 is 2.50 bits per heavy atom. The van der Waals surface area contributed by atoms with E-state index in [1.165, 1.54) is 11.1 Å². The quantitative estimate of drug-likeness (QED) is 0.320. The summed E-state index contributed by atoms with van der Waals surface area (Å²) in [5, 5.41) is 5.32. The maximum atomic E-state index is 6.01. The minimum atomic E-state index is 0.754. The van der Waals surface area contributed by atoms with Gasteiger partial charge in [0.2, 0.25) is 0 Å². The molecule has 2 aromatic heterocycles. The lowest BCUT2D eigenvalue weighted by Crippen LogP contribution is -2.07. The van der Waals surface area contributed by atoms with Crippen molar-refractivity contribution in [3.8, 4) is 16.8 Å². The van der Waals surface area contributed by atoms with Crippen molar-refractivity contribution >= 4 is 28.5 Å². The largest absolute Gasteiger partial charge is 0.369 e. The van der Waals surface area contributed by atoms with Crippen molar-refractivity contribution in [3.63, 3.8) is 0 Å². The molecule has 1 N–H and O–H groups in total. The molecular weight excluding hydrogens is 416 g/mol. The molecule has 0 bridgehead atoms. The van der Waals surface area contributed by atoms with Gasteiger partial charge in [0, 0.05) is 29.0 Å². The van der Waals surface area contributed by atoms with E-state index in [1.54, 1.807) is 6.33 Å². The molecule has 0 radical (unpaired) electrons. The second kappa shape index (κ2) is 8.85. The fourth-order valence-corrected chi connectivity index (χ4v) is 4.11. The molecule has 5 rings (SSSR count). The van der Waals surface area contributed by atoms with E-state index in [1.807, 2.05) is 18.2 Å². The van der Waals surface area contributed by atoms with Gasteiger partial charge in [-0.05, 0) is 54.3 Å². The molecule has 0 aliphatic rings. The van der Waals surface area contributed by atoms with Gasteiger partial charge in [0.1, 0.15) is 12.1 Å². The summed E-state index contributed by atoms with van der Waals surface area (Å²) in [5.41, 5.74) is 6.66. The SMILES string of the molecule is Cc1cccc(-n2cc(-c3ccccc3)c3c(NCCc4ccc(Cl)cc4)ncnc32)c1. The van der Waals surface area contributed by atoms with Gasteiger partial charge in [0.05, 0.1) is 5.39 Å². The lowest BCUT2D eigenvalue weighted by atomic mass is 10.1. The van der Waals surface area contributed by atoms with Gasteiger partial charge >= 0.3 is 0 Å². The summed E-state index contributed by atoms with van der Waals surface area (Å²) < 4.78 is 2.15. The van der Waals surface area contributed by atoms with E-state index in [4.69, 9.17) is 11.6 Å². The third kappa shape index (κ3) is 4.10. The monoisotopic (exact) mass is 438 g/mol. The normalized spacial score (nSPS) is 11.1. The predicted molar refractivity (Wildman–Crippen MR) is 133 cm³/mol. The van der Waals surface area contributed by atoms with Crippen LogP contribution in [-0.4, -0.2) is 21.1 Å². The van der Waals surface area contributed by atoms with Crippen LogP contribution in [0.2, 0.25) is 5.02 Å². The minimum absolute atomic E-state index is 0.754. The number of nitrogens with zero attached hydrogens (tertiary/aromatic N) is 3. The zero-order chi connectivity index (χ0) is 21.9. The summed E-state index contributed by atoms with van der Waals surface area (Å²) in [7, 11) is 0. The van der Waals surface area contributed by atoms with Crippen LogP contribution in [0, 0.1) is 6.92 Å². The second-order valence-corrected chi connectivity index (χ2v) is 8.28. The molecule has 3 aromatic carbocycles. The first-order valence-corrected chi connectivity index (χ1v) is 11.0. The van der Waals surface area contributed by atoms with Gasteiger partial charge in [-0.3, -0.25) is 0 Å². The van der Waals surface area contributed by atoms with Gasteiger partial charge in [-0.1, -0.05) is 66.2 Å². The highest BCUT2D eigenvalue weighted by Gasteiger charge is 2.17. The molecule has 0 saturated carbocycles. The highest BCUT2D eigenvalue weighted by atomic mass is 35.5. The summed E-state index contributed by atoms with van der Waals surface area (Å²) in [6.45, 7) is 2.86. The Kier molecular flexibility index (Phi) is 5.61. The maximum Gasteiger partial charge on any atom is 0.150 e. The summed E-state index contributed by atoms with van der Waals surface area (Å²) in [5.74, 6) is 0.842. The van der Waals surface area contributed by atoms with Crippen LogP contribution in [0.25, 0.3) is 27.8 Å². The van der Waals surface area contributed by atoms with Crippen LogP contribution in [0.4, 0.5) is 5.82 Å². The summed E-state index contributed by atoms with van der Waals surface area (Å²) >= 11 is 6.01. The van der Waals surface area contributed by atoms with Crippen molar-refractivity contribution in [2.45, 2.75) is 13.3 Å². The summed E-state index contributed by atoms with van der Waals surface area (Å²) in [6, 6.07) is 26.8. The molecule has 0 spiro atoms. The number of aromatic nitrogens is 3. The van der Waals surface area contributed by atoms with E-state index in [2.05, 4.69) is 93.6 Å². The molecule has 0 amide bonds. The van der Waals surface area contributed by atoms with Crippen LogP contribution in [0.3, 0.4) is 0 Å². The Balaban J connectivity index is 1.56. The molecule has 0 unspecified atom stereocenters. The average Bonchev–Trinajstić information content (AvgIpc) is 3.22. The molecule has 5 heteroatoms. The number of hydrogen-bond donors (Lipinski definition) is 1. The van der Waals surface area contributed by atoms with Crippen LogP contribution in [-0.2, 0) is 6.42 Å². The molecule has 32 heavy (non-hydrogen) atoms. The van der Waals surface area contributed by atoms with Gasteiger partial charge in [-0.15, -0.1) is 0 Å². The van der Waals surface area contributed by atoms with E-state index < -0.39 is 0 Å². The van der Waals surface area contributed by atoms with Gasteiger partial charge in [0.25, 0.3) is 0 Å². The molecule has 0 aliphatic heterocycles. The van der Waals surface area contributed by atoms with E-state index in [0.717, 1.165) is 51.7 Å². The van der Waals surface area contributed by atoms with E-state index in [9.17, 15) is 0 Å². The number of aryl methyl sites for hydroxylation is 1. The first kappa shape index (κ1) is 20.3. The molecule has 0 saturated heterocycles. The van der Waals surface area contributed by atoms with E-state index in [0.29, 0.717) is 0 Å². The van der Waals surface area contributed by atoms with Crippen molar-refractivity contribution in [3.05, 3.63) is 108 Å². The lowest BCUT2D eigenvalue weighted by Gasteiger charge is -2.09. The fourth-order valence-electron chi connectivity index (χ4n) is 3.98. The van der Waals surface area contributed by atoms with Crippen molar-refractivity contribution in [1.82, 2.24) is 14.5 Å². The highest BCUT2D eigenvalue weighted by Crippen LogP contribution is 2.35. The van der Waals surface area contributed by atoms with Gasteiger partial charge in [-0.25, -0.2) is 9.97 Å². The van der Waals surface area contributed by atoms with Crippen molar-refractivity contribution in [2.24, 2.45) is 0 Å². The van der Waals surface area contributed by atoms with Crippen molar-refractivity contribution in [2.75, 3.05) is 11.9 Å². The molecule has 158 valence electrons. The smallest absolute Gasteiger partial charge is 0.150 e. The lowest BCUT2D eigenvalue weighted by molar-refractivity contribution is 1.00. The molecule has 4 nitrogen and oxygen atoms in total. The molecule has 5 aromatic rings. The minimum Gasteiger partial charge on any atom is -0.369 e. The fraction of sp³-hybridized carbons (Fsp3) is 0.111. The average molecular weight is 439 g/mol. The number of fused-ring (bicyclic) bond motifs is 1. The highest BCUT2D eigenvalue weighted by molar-refractivity contribution is 6.30. The zero-order valence-corrected chi connectivity index (χ0v) is 18.6. The van der Waals surface area contributed by atoms with Crippen LogP contribution in [0.5, 0.6) is 0 Å². The topological polar surface area (TPSA) is 42.7 Å². The van der Waals surface area contributed by atoms with Crippen LogP contribution in [0.1, 0.15) is 11.1 Å². The van der Waals surface area contributed by atoms with Crippen LogP contribution >= 0.6 is 11.6 Å². The molecule has 0 fully saturated rings. The number of rotatable bonds is 6. The first-order chi connectivity index (χ1) is 15.7.